The number of nitrogens with zero attached hydrogens (tertiary/aromatic N) is 1. The molecule has 0 aromatic heterocycles. The molecule has 0 heterocycles. The highest BCUT2D eigenvalue weighted by Gasteiger charge is 2.14. The van der Waals surface area contributed by atoms with Crippen LogP contribution >= 0.6 is 0 Å². The molecule has 0 unspecified atom stereocenters. The highest BCUT2D eigenvalue weighted by atomic mass is 16.5. The number of benzene rings is 3. The first-order valence-corrected chi connectivity index (χ1v) is 9.93. The first kappa shape index (κ1) is 21.7. The molecule has 0 aliphatic heterocycles. The summed E-state index contributed by atoms with van der Waals surface area (Å²) in [7, 11) is 1.55. The van der Waals surface area contributed by atoms with Crippen molar-refractivity contribution in [1.82, 2.24) is 5.32 Å². The van der Waals surface area contributed by atoms with Gasteiger partial charge in [0.25, 0.3) is 5.91 Å². The Morgan fingerprint density at radius 2 is 1.71 bits per heavy atom. The quantitative estimate of drug-likeness (QED) is 0.415. The largest absolute Gasteiger partial charge is 0.493 e. The van der Waals surface area contributed by atoms with Gasteiger partial charge in [0.1, 0.15) is 18.2 Å². The van der Waals surface area contributed by atoms with Crippen LogP contribution < -0.4 is 14.8 Å². The molecule has 3 rings (SSSR count). The average molecular weight is 412 g/mol. The van der Waals surface area contributed by atoms with Gasteiger partial charge in [-0.25, -0.2) is 0 Å². The summed E-state index contributed by atoms with van der Waals surface area (Å²) in [5, 5.41) is 12.4. The number of hydrogen-bond acceptors (Lipinski definition) is 4. The lowest BCUT2D eigenvalue weighted by molar-refractivity contribution is -0.117. The fourth-order valence-electron chi connectivity index (χ4n) is 3.04. The number of hydrogen-bond donors (Lipinski definition) is 1. The number of carbonyl (C=O) groups excluding carboxylic acids is 1. The maximum atomic E-state index is 12.6. The van der Waals surface area contributed by atoms with Crippen LogP contribution in [-0.4, -0.2) is 13.0 Å². The summed E-state index contributed by atoms with van der Waals surface area (Å²) in [6, 6.07) is 26.5. The SMILES string of the molecule is COc1cc(/C=C(\C#N)C(=O)N[C@@H](C)c2ccccc2)ccc1OCc1ccccc1. The summed E-state index contributed by atoms with van der Waals surface area (Å²) in [6.07, 6.45) is 1.54. The lowest BCUT2D eigenvalue weighted by Crippen LogP contribution is -2.27. The molecule has 1 amide bonds. The Morgan fingerprint density at radius 1 is 1.03 bits per heavy atom. The Morgan fingerprint density at radius 3 is 2.35 bits per heavy atom. The predicted octanol–water partition coefficient (Wildman–Crippen LogP) is 5.06. The minimum absolute atomic E-state index is 0.0165. The van der Waals surface area contributed by atoms with E-state index in [2.05, 4.69) is 5.32 Å². The summed E-state index contributed by atoms with van der Waals surface area (Å²) >= 11 is 0. The van der Waals surface area contributed by atoms with E-state index in [-0.39, 0.29) is 11.6 Å². The minimum Gasteiger partial charge on any atom is -0.493 e. The zero-order valence-electron chi connectivity index (χ0n) is 17.5. The molecule has 1 N–H and O–H groups in total. The Hall–Kier alpha value is -4.04. The topological polar surface area (TPSA) is 71.3 Å². The fourth-order valence-corrected chi connectivity index (χ4v) is 3.04. The standard InChI is InChI=1S/C26H24N2O3/c1-19(22-11-7-4-8-12-22)28-26(29)23(17-27)15-21-13-14-24(25(16-21)30-2)31-18-20-9-5-3-6-10-20/h3-16,19H,18H2,1-2H3,(H,28,29)/b23-15+/t19-/m0/s1. The number of nitriles is 1. The van der Waals surface area contributed by atoms with E-state index in [4.69, 9.17) is 9.47 Å². The van der Waals surface area contributed by atoms with Crippen molar-refractivity contribution in [3.05, 3.63) is 101 Å². The number of methoxy groups -OCH3 is 1. The molecule has 0 saturated carbocycles. The molecule has 31 heavy (non-hydrogen) atoms. The lowest BCUT2D eigenvalue weighted by atomic mass is 10.1. The second-order valence-corrected chi connectivity index (χ2v) is 6.96. The normalized spacial score (nSPS) is 11.8. The molecule has 0 spiro atoms. The molecule has 0 aliphatic carbocycles. The van der Waals surface area contributed by atoms with Crippen LogP contribution in [0.1, 0.15) is 29.7 Å². The molecule has 0 bridgehead atoms. The Bertz CT molecular complexity index is 1090. The van der Waals surface area contributed by atoms with Gasteiger partial charge < -0.3 is 14.8 Å². The first-order valence-electron chi connectivity index (χ1n) is 9.93. The average Bonchev–Trinajstić information content (AvgIpc) is 2.82. The van der Waals surface area contributed by atoms with E-state index in [0.29, 0.717) is 23.7 Å². The molecule has 3 aromatic carbocycles. The van der Waals surface area contributed by atoms with Gasteiger partial charge in [-0.3, -0.25) is 4.79 Å². The van der Waals surface area contributed by atoms with Crippen LogP contribution in [0.3, 0.4) is 0 Å². The van der Waals surface area contributed by atoms with Gasteiger partial charge in [0.2, 0.25) is 0 Å². The third-order valence-corrected chi connectivity index (χ3v) is 4.75. The Balaban J connectivity index is 1.72. The van der Waals surface area contributed by atoms with Gasteiger partial charge in [0.15, 0.2) is 11.5 Å². The van der Waals surface area contributed by atoms with E-state index in [1.807, 2.05) is 73.7 Å². The number of nitrogens with one attached hydrogen (secondary N) is 1. The number of ether oxygens (including phenoxy) is 2. The van der Waals surface area contributed by atoms with Crippen LogP contribution in [-0.2, 0) is 11.4 Å². The van der Waals surface area contributed by atoms with Crippen LogP contribution in [0.25, 0.3) is 6.08 Å². The van der Waals surface area contributed by atoms with E-state index < -0.39 is 5.91 Å². The van der Waals surface area contributed by atoms with Crippen LogP contribution in [0.15, 0.2) is 84.4 Å². The Kier molecular flexibility index (Phi) is 7.45. The van der Waals surface area contributed by atoms with E-state index in [0.717, 1.165) is 11.1 Å². The fraction of sp³-hybridized carbons (Fsp3) is 0.154. The highest BCUT2D eigenvalue weighted by molar-refractivity contribution is 6.01. The van der Waals surface area contributed by atoms with Gasteiger partial charge in [-0.05, 0) is 41.8 Å². The molecule has 0 aliphatic rings. The van der Waals surface area contributed by atoms with Gasteiger partial charge in [-0.2, -0.15) is 5.26 Å². The summed E-state index contributed by atoms with van der Waals surface area (Å²) in [4.78, 5) is 12.6. The van der Waals surface area contributed by atoms with Crippen molar-refractivity contribution in [2.45, 2.75) is 19.6 Å². The number of rotatable bonds is 8. The highest BCUT2D eigenvalue weighted by Crippen LogP contribution is 2.29. The van der Waals surface area contributed by atoms with E-state index >= 15 is 0 Å². The van der Waals surface area contributed by atoms with Crippen molar-refractivity contribution in [3.8, 4) is 17.6 Å². The lowest BCUT2D eigenvalue weighted by Gasteiger charge is -2.14. The van der Waals surface area contributed by atoms with Gasteiger partial charge in [0.05, 0.1) is 13.2 Å². The van der Waals surface area contributed by atoms with E-state index in [1.54, 1.807) is 25.3 Å². The maximum absolute atomic E-state index is 12.6. The van der Waals surface area contributed by atoms with Crippen LogP contribution in [0.4, 0.5) is 0 Å². The van der Waals surface area contributed by atoms with Crippen molar-refractivity contribution in [1.29, 1.82) is 5.26 Å². The van der Waals surface area contributed by atoms with Crippen molar-refractivity contribution in [2.75, 3.05) is 7.11 Å². The smallest absolute Gasteiger partial charge is 0.262 e. The molecule has 5 nitrogen and oxygen atoms in total. The van der Waals surface area contributed by atoms with Crippen molar-refractivity contribution in [2.24, 2.45) is 0 Å². The minimum atomic E-state index is -0.428. The van der Waals surface area contributed by atoms with Gasteiger partial charge in [0, 0.05) is 0 Å². The zero-order valence-corrected chi connectivity index (χ0v) is 17.5. The third kappa shape index (κ3) is 5.97. The Labute approximate surface area is 182 Å². The van der Waals surface area contributed by atoms with Crippen LogP contribution in [0, 0.1) is 11.3 Å². The molecular formula is C26H24N2O3. The molecule has 0 saturated heterocycles. The second kappa shape index (κ2) is 10.7. The third-order valence-electron chi connectivity index (χ3n) is 4.75. The van der Waals surface area contributed by atoms with Crippen molar-refractivity contribution >= 4 is 12.0 Å². The first-order chi connectivity index (χ1) is 15.1. The molecule has 0 fully saturated rings. The van der Waals surface area contributed by atoms with E-state index in [1.165, 1.54) is 6.08 Å². The summed E-state index contributed by atoms with van der Waals surface area (Å²) in [5.41, 5.74) is 2.70. The zero-order chi connectivity index (χ0) is 22.1. The molecular weight excluding hydrogens is 388 g/mol. The summed E-state index contributed by atoms with van der Waals surface area (Å²) in [5.74, 6) is 0.686. The molecule has 156 valence electrons. The molecule has 0 radical (unpaired) electrons. The molecule has 1 atom stereocenters. The summed E-state index contributed by atoms with van der Waals surface area (Å²) in [6.45, 7) is 2.29. The van der Waals surface area contributed by atoms with Gasteiger partial charge in [-0.1, -0.05) is 66.7 Å². The number of amides is 1. The van der Waals surface area contributed by atoms with Gasteiger partial charge >= 0.3 is 0 Å². The number of carbonyl (C=O) groups is 1. The van der Waals surface area contributed by atoms with E-state index in [9.17, 15) is 10.1 Å². The monoisotopic (exact) mass is 412 g/mol. The second-order valence-electron chi connectivity index (χ2n) is 6.96. The van der Waals surface area contributed by atoms with Crippen LogP contribution in [0.2, 0.25) is 0 Å². The predicted molar refractivity (Wildman–Crippen MR) is 120 cm³/mol. The summed E-state index contributed by atoms with van der Waals surface area (Å²) < 4.78 is 11.3. The van der Waals surface area contributed by atoms with Crippen molar-refractivity contribution < 1.29 is 14.3 Å². The molecule has 5 heteroatoms. The van der Waals surface area contributed by atoms with Crippen LogP contribution in [0.5, 0.6) is 11.5 Å². The maximum Gasteiger partial charge on any atom is 0.262 e. The van der Waals surface area contributed by atoms with Crippen molar-refractivity contribution in [3.63, 3.8) is 0 Å². The molecule has 3 aromatic rings. The van der Waals surface area contributed by atoms with Gasteiger partial charge in [-0.15, -0.1) is 0 Å².